The third-order valence-electron chi connectivity index (χ3n) is 3.05. The van der Waals surface area contributed by atoms with Crippen molar-refractivity contribution in [3.05, 3.63) is 53.6 Å². The second kappa shape index (κ2) is 5.69. The third-order valence-corrected chi connectivity index (χ3v) is 3.05. The molecule has 2 aromatic carbocycles. The molecule has 0 fully saturated rings. The molecule has 0 bridgehead atoms. The summed E-state index contributed by atoms with van der Waals surface area (Å²) < 4.78 is 10.8. The van der Waals surface area contributed by atoms with E-state index in [9.17, 15) is 0 Å². The van der Waals surface area contributed by atoms with Gasteiger partial charge in [0.15, 0.2) is 0 Å². The molecule has 0 aliphatic heterocycles. The summed E-state index contributed by atoms with van der Waals surface area (Å²) in [5.41, 5.74) is 4.70. The van der Waals surface area contributed by atoms with Gasteiger partial charge in [-0.15, -0.1) is 0 Å². The zero-order valence-electron chi connectivity index (χ0n) is 11.1. The van der Waals surface area contributed by atoms with Crippen molar-refractivity contribution in [2.45, 2.75) is 13.5 Å². The highest BCUT2D eigenvalue weighted by atomic mass is 16.5. The minimum atomic E-state index is 0.584. The summed E-state index contributed by atoms with van der Waals surface area (Å²) in [4.78, 5) is 0. The quantitative estimate of drug-likeness (QED) is 0.811. The lowest BCUT2D eigenvalue weighted by Gasteiger charge is -2.15. The molecule has 0 aliphatic carbocycles. The van der Waals surface area contributed by atoms with Gasteiger partial charge < -0.3 is 9.47 Å². The first kappa shape index (κ1) is 12.7. The van der Waals surface area contributed by atoms with Crippen LogP contribution in [0.4, 0.5) is 0 Å². The number of ether oxygens (including phenoxy) is 2. The fraction of sp³-hybridized carbons (Fsp3) is 0.250. The van der Waals surface area contributed by atoms with Crippen molar-refractivity contribution in [3.63, 3.8) is 0 Å². The lowest BCUT2D eigenvalue weighted by molar-refractivity contribution is 0.185. The van der Waals surface area contributed by atoms with Crippen molar-refractivity contribution >= 4 is 0 Å². The minimum Gasteiger partial charge on any atom is -0.496 e. The number of rotatable bonds is 4. The predicted molar refractivity (Wildman–Crippen MR) is 73.9 cm³/mol. The van der Waals surface area contributed by atoms with Gasteiger partial charge in [0.1, 0.15) is 5.75 Å². The summed E-state index contributed by atoms with van der Waals surface area (Å²) in [6.07, 6.45) is 0. The zero-order chi connectivity index (χ0) is 13.0. The van der Waals surface area contributed by atoms with Crippen molar-refractivity contribution in [2.24, 2.45) is 0 Å². The molecule has 0 heterocycles. The molecule has 0 atom stereocenters. The van der Waals surface area contributed by atoms with Gasteiger partial charge in [-0.2, -0.15) is 0 Å². The van der Waals surface area contributed by atoms with Crippen LogP contribution in [-0.4, -0.2) is 14.2 Å². The third kappa shape index (κ3) is 2.39. The Bertz CT molecular complexity index is 532. The van der Waals surface area contributed by atoms with Gasteiger partial charge in [-0.25, -0.2) is 0 Å². The summed E-state index contributed by atoms with van der Waals surface area (Å²) in [7, 11) is 3.41. The largest absolute Gasteiger partial charge is 0.496 e. The Kier molecular flexibility index (Phi) is 4.00. The Labute approximate surface area is 108 Å². The highest BCUT2D eigenvalue weighted by Gasteiger charge is 2.12. The fourth-order valence-electron chi connectivity index (χ4n) is 2.18. The molecule has 0 aliphatic rings. The van der Waals surface area contributed by atoms with Crippen LogP contribution < -0.4 is 4.74 Å². The molecule has 0 unspecified atom stereocenters. The van der Waals surface area contributed by atoms with Gasteiger partial charge in [0.2, 0.25) is 0 Å². The number of aryl methyl sites for hydroxylation is 1. The van der Waals surface area contributed by atoms with E-state index in [1.54, 1.807) is 14.2 Å². The fourth-order valence-corrected chi connectivity index (χ4v) is 2.18. The highest BCUT2D eigenvalue weighted by Crippen LogP contribution is 2.35. The molecule has 2 heteroatoms. The predicted octanol–water partition coefficient (Wildman–Crippen LogP) is 3.82. The average Bonchev–Trinajstić information content (AvgIpc) is 2.40. The van der Waals surface area contributed by atoms with E-state index in [2.05, 4.69) is 25.1 Å². The van der Waals surface area contributed by atoms with Crippen molar-refractivity contribution in [3.8, 4) is 16.9 Å². The van der Waals surface area contributed by atoms with E-state index in [1.807, 2.05) is 24.3 Å². The van der Waals surface area contributed by atoms with E-state index < -0.39 is 0 Å². The van der Waals surface area contributed by atoms with E-state index >= 15 is 0 Å². The monoisotopic (exact) mass is 242 g/mol. The number of hydrogen-bond acceptors (Lipinski definition) is 2. The van der Waals surface area contributed by atoms with E-state index in [1.165, 1.54) is 11.1 Å². The van der Waals surface area contributed by atoms with Gasteiger partial charge in [-0.1, -0.05) is 36.4 Å². The van der Waals surface area contributed by atoms with Crippen LogP contribution in [-0.2, 0) is 11.3 Å². The normalized spacial score (nSPS) is 10.4. The summed E-state index contributed by atoms with van der Waals surface area (Å²) in [6.45, 7) is 2.69. The van der Waals surface area contributed by atoms with Crippen molar-refractivity contribution in [1.82, 2.24) is 0 Å². The smallest absolute Gasteiger partial charge is 0.127 e. The molecule has 0 saturated carbocycles. The number of hydrogen-bond donors (Lipinski definition) is 0. The van der Waals surface area contributed by atoms with Crippen LogP contribution in [0.1, 0.15) is 11.1 Å². The molecule has 0 spiro atoms. The van der Waals surface area contributed by atoms with Gasteiger partial charge in [0.25, 0.3) is 0 Å². The molecule has 0 radical (unpaired) electrons. The first-order chi connectivity index (χ1) is 8.77. The molecular formula is C16H18O2. The van der Waals surface area contributed by atoms with Crippen molar-refractivity contribution in [2.75, 3.05) is 14.2 Å². The van der Waals surface area contributed by atoms with Crippen LogP contribution in [0.5, 0.6) is 5.75 Å². The van der Waals surface area contributed by atoms with Gasteiger partial charge >= 0.3 is 0 Å². The van der Waals surface area contributed by atoms with Crippen molar-refractivity contribution < 1.29 is 9.47 Å². The Hall–Kier alpha value is -1.80. The molecule has 18 heavy (non-hydrogen) atoms. The Morgan fingerprint density at radius 2 is 1.72 bits per heavy atom. The molecular weight excluding hydrogens is 224 g/mol. The van der Waals surface area contributed by atoms with E-state index in [-0.39, 0.29) is 0 Å². The number of benzene rings is 2. The van der Waals surface area contributed by atoms with Gasteiger partial charge in [0, 0.05) is 12.7 Å². The van der Waals surface area contributed by atoms with Crippen LogP contribution in [0.3, 0.4) is 0 Å². The summed E-state index contributed by atoms with van der Waals surface area (Å²) in [6, 6.07) is 14.4. The first-order valence-corrected chi connectivity index (χ1v) is 5.98. The maximum Gasteiger partial charge on any atom is 0.127 e. The summed E-state index contributed by atoms with van der Waals surface area (Å²) in [5, 5.41) is 0. The average molecular weight is 242 g/mol. The Morgan fingerprint density at radius 3 is 2.39 bits per heavy atom. The van der Waals surface area contributed by atoms with Gasteiger partial charge in [-0.3, -0.25) is 0 Å². The van der Waals surface area contributed by atoms with E-state index in [0.717, 1.165) is 16.9 Å². The molecule has 94 valence electrons. The van der Waals surface area contributed by atoms with Gasteiger partial charge in [0.05, 0.1) is 13.7 Å². The standard InChI is InChI=1S/C16H18O2/c1-12-7-4-5-9-14(12)16-13(11-17-2)8-6-10-15(16)18-3/h4-10H,11H2,1-3H3. The van der Waals surface area contributed by atoms with Crippen LogP contribution in [0.25, 0.3) is 11.1 Å². The summed E-state index contributed by atoms with van der Waals surface area (Å²) in [5.74, 6) is 0.888. The molecule has 2 aromatic rings. The molecule has 0 amide bonds. The van der Waals surface area contributed by atoms with Crippen molar-refractivity contribution in [1.29, 1.82) is 0 Å². The lowest BCUT2D eigenvalue weighted by Crippen LogP contribution is -1.97. The lowest BCUT2D eigenvalue weighted by atomic mass is 9.95. The van der Waals surface area contributed by atoms with Crippen LogP contribution in [0.2, 0.25) is 0 Å². The molecule has 2 nitrogen and oxygen atoms in total. The molecule has 2 rings (SSSR count). The van der Waals surface area contributed by atoms with Crippen LogP contribution >= 0.6 is 0 Å². The van der Waals surface area contributed by atoms with E-state index in [0.29, 0.717) is 6.61 Å². The maximum atomic E-state index is 5.49. The maximum absolute atomic E-state index is 5.49. The Morgan fingerprint density at radius 1 is 0.944 bits per heavy atom. The molecule has 0 saturated heterocycles. The van der Waals surface area contributed by atoms with Crippen LogP contribution in [0.15, 0.2) is 42.5 Å². The minimum absolute atomic E-state index is 0.584. The zero-order valence-corrected chi connectivity index (χ0v) is 11.1. The summed E-state index contributed by atoms with van der Waals surface area (Å²) >= 11 is 0. The van der Waals surface area contributed by atoms with Gasteiger partial charge in [-0.05, 0) is 29.7 Å². The van der Waals surface area contributed by atoms with Crippen LogP contribution in [0, 0.1) is 6.92 Å². The molecule has 0 N–H and O–H groups in total. The second-order valence-electron chi connectivity index (χ2n) is 4.24. The topological polar surface area (TPSA) is 18.5 Å². The highest BCUT2D eigenvalue weighted by molar-refractivity contribution is 5.76. The second-order valence-corrected chi connectivity index (χ2v) is 4.24. The SMILES string of the molecule is COCc1cccc(OC)c1-c1ccccc1C. The first-order valence-electron chi connectivity index (χ1n) is 5.98. The van der Waals surface area contributed by atoms with E-state index in [4.69, 9.17) is 9.47 Å². The number of methoxy groups -OCH3 is 2. The Balaban J connectivity index is 2.64. The molecule has 0 aromatic heterocycles.